The third kappa shape index (κ3) is 5.55. The SMILES string of the molecule is CCOc1ccc(C2C(C(=O)OCCOC)=C(C)NC3=C2C(=O)CC(c2ccc(OC)c(OC)c2)C3)cc1. The third-order valence-corrected chi connectivity index (χ3v) is 6.97. The van der Waals surface area contributed by atoms with Crippen molar-refractivity contribution >= 4 is 11.8 Å². The molecule has 8 nitrogen and oxygen atoms in total. The van der Waals surface area contributed by atoms with Crippen molar-refractivity contribution < 1.29 is 33.3 Å². The van der Waals surface area contributed by atoms with Crippen LogP contribution < -0.4 is 19.5 Å². The van der Waals surface area contributed by atoms with Crippen LogP contribution in [0.3, 0.4) is 0 Å². The number of esters is 1. The van der Waals surface area contributed by atoms with Gasteiger partial charge in [0, 0.05) is 36.4 Å². The van der Waals surface area contributed by atoms with E-state index in [1.54, 1.807) is 21.3 Å². The molecule has 0 aromatic heterocycles. The molecule has 202 valence electrons. The van der Waals surface area contributed by atoms with Gasteiger partial charge in [-0.05, 0) is 61.6 Å². The van der Waals surface area contributed by atoms with Crippen LogP contribution in [-0.4, -0.2) is 52.9 Å². The lowest BCUT2D eigenvalue weighted by Crippen LogP contribution is -2.36. The summed E-state index contributed by atoms with van der Waals surface area (Å²) < 4.78 is 27.0. The summed E-state index contributed by atoms with van der Waals surface area (Å²) in [5.74, 6) is 0.930. The van der Waals surface area contributed by atoms with Gasteiger partial charge in [-0.3, -0.25) is 4.79 Å². The molecule has 0 fully saturated rings. The van der Waals surface area contributed by atoms with Gasteiger partial charge in [0.05, 0.1) is 33.0 Å². The Hall–Kier alpha value is -3.78. The first-order valence-corrected chi connectivity index (χ1v) is 12.8. The number of hydrogen-bond acceptors (Lipinski definition) is 8. The molecule has 2 unspecified atom stereocenters. The number of ketones is 1. The largest absolute Gasteiger partial charge is 0.494 e. The first kappa shape index (κ1) is 27.3. The van der Waals surface area contributed by atoms with Crippen molar-refractivity contribution in [2.75, 3.05) is 41.2 Å². The molecule has 1 N–H and O–H groups in total. The molecule has 0 radical (unpaired) electrons. The number of ether oxygens (including phenoxy) is 5. The molecule has 0 bridgehead atoms. The van der Waals surface area contributed by atoms with Crippen LogP contribution in [0.15, 0.2) is 65.0 Å². The predicted molar refractivity (Wildman–Crippen MR) is 143 cm³/mol. The Balaban J connectivity index is 1.73. The molecule has 0 saturated heterocycles. The molecular weight excluding hydrogens is 486 g/mol. The normalized spacial score (nSPS) is 19.0. The molecule has 38 heavy (non-hydrogen) atoms. The minimum atomic E-state index is -0.546. The summed E-state index contributed by atoms with van der Waals surface area (Å²) in [4.78, 5) is 27.1. The number of benzene rings is 2. The maximum atomic E-state index is 13.8. The zero-order chi connectivity index (χ0) is 27.2. The highest BCUT2D eigenvalue weighted by Crippen LogP contribution is 2.46. The van der Waals surface area contributed by atoms with Gasteiger partial charge >= 0.3 is 5.97 Å². The minimum Gasteiger partial charge on any atom is -0.494 e. The fraction of sp³-hybridized carbons (Fsp3) is 0.400. The highest BCUT2D eigenvalue weighted by atomic mass is 16.6. The second kappa shape index (κ2) is 12.2. The van der Waals surface area contributed by atoms with Crippen molar-refractivity contribution in [2.24, 2.45) is 0 Å². The van der Waals surface area contributed by atoms with E-state index in [4.69, 9.17) is 23.7 Å². The minimum absolute atomic E-state index is 0.00730. The van der Waals surface area contributed by atoms with Gasteiger partial charge in [0.25, 0.3) is 0 Å². The number of carbonyl (C=O) groups excluding carboxylic acids is 2. The lowest BCUT2D eigenvalue weighted by molar-refractivity contribution is -0.140. The second-order valence-corrected chi connectivity index (χ2v) is 9.26. The molecule has 8 heteroatoms. The zero-order valence-corrected chi connectivity index (χ0v) is 22.6. The maximum Gasteiger partial charge on any atom is 0.336 e. The van der Waals surface area contributed by atoms with Crippen LogP contribution in [0.2, 0.25) is 0 Å². The molecule has 2 aliphatic rings. The van der Waals surface area contributed by atoms with Gasteiger partial charge in [-0.15, -0.1) is 0 Å². The number of dihydropyridines is 1. The molecule has 0 saturated carbocycles. The molecule has 4 rings (SSSR count). The highest BCUT2D eigenvalue weighted by molar-refractivity contribution is 6.04. The fourth-order valence-electron chi connectivity index (χ4n) is 5.20. The van der Waals surface area contributed by atoms with E-state index in [0.29, 0.717) is 54.4 Å². The Labute approximate surface area is 223 Å². The number of carbonyl (C=O) groups is 2. The van der Waals surface area contributed by atoms with E-state index in [1.165, 1.54) is 0 Å². The van der Waals surface area contributed by atoms with Crippen LogP contribution in [0.5, 0.6) is 17.2 Å². The van der Waals surface area contributed by atoms with Gasteiger partial charge < -0.3 is 29.0 Å². The number of methoxy groups -OCH3 is 3. The average molecular weight is 522 g/mol. The quantitative estimate of drug-likeness (QED) is 0.357. The molecule has 1 aliphatic heterocycles. The number of allylic oxidation sites excluding steroid dienone is 3. The van der Waals surface area contributed by atoms with Crippen LogP contribution >= 0.6 is 0 Å². The van der Waals surface area contributed by atoms with Crippen LogP contribution in [0.25, 0.3) is 0 Å². The highest BCUT2D eigenvalue weighted by Gasteiger charge is 2.41. The van der Waals surface area contributed by atoms with Crippen molar-refractivity contribution in [3.05, 3.63) is 76.1 Å². The van der Waals surface area contributed by atoms with E-state index in [-0.39, 0.29) is 18.3 Å². The fourth-order valence-corrected chi connectivity index (χ4v) is 5.20. The van der Waals surface area contributed by atoms with Crippen molar-refractivity contribution in [2.45, 2.75) is 38.5 Å². The van der Waals surface area contributed by atoms with Crippen molar-refractivity contribution in [1.82, 2.24) is 5.32 Å². The van der Waals surface area contributed by atoms with Crippen molar-refractivity contribution in [3.63, 3.8) is 0 Å². The van der Waals surface area contributed by atoms with E-state index in [1.807, 2.05) is 56.3 Å². The Kier molecular flexibility index (Phi) is 8.73. The summed E-state index contributed by atoms with van der Waals surface area (Å²) in [6, 6.07) is 13.3. The summed E-state index contributed by atoms with van der Waals surface area (Å²) in [6.07, 6.45) is 0.933. The van der Waals surface area contributed by atoms with E-state index < -0.39 is 11.9 Å². The number of Topliss-reactive ketones (excluding diaryl/α,β-unsaturated/α-hetero) is 1. The van der Waals surface area contributed by atoms with E-state index in [0.717, 1.165) is 22.6 Å². The molecule has 2 aromatic carbocycles. The molecule has 2 atom stereocenters. The van der Waals surface area contributed by atoms with Crippen LogP contribution in [0, 0.1) is 0 Å². The van der Waals surface area contributed by atoms with Crippen LogP contribution in [0.4, 0.5) is 0 Å². The Morgan fingerprint density at radius 1 is 0.947 bits per heavy atom. The maximum absolute atomic E-state index is 13.8. The first-order valence-electron chi connectivity index (χ1n) is 12.8. The topological polar surface area (TPSA) is 92.3 Å². The van der Waals surface area contributed by atoms with Gasteiger partial charge in [0.15, 0.2) is 17.3 Å². The Bertz CT molecular complexity index is 1250. The smallest absolute Gasteiger partial charge is 0.336 e. The summed E-state index contributed by atoms with van der Waals surface area (Å²) >= 11 is 0. The second-order valence-electron chi connectivity index (χ2n) is 9.26. The number of rotatable bonds is 10. The Morgan fingerprint density at radius 3 is 2.32 bits per heavy atom. The van der Waals surface area contributed by atoms with E-state index in [9.17, 15) is 9.59 Å². The Morgan fingerprint density at radius 2 is 1.66 bits per heavy atom. The van der Waals surface area contributed by atoms with Crippen LogP contribution in [-0.2, 0) is 19.1 Å². The third-order valence-electron chi connectivity index (χ3n) is 6.97. The van der Waals surface area contributed by atoms with Gasteiger partial charge in [-0.2, -0.15) is 0 Å². The molecule has 2 aromatic rings. The van der Waals surface area contributed by atoms with E-state index >= 15 is 0 Å². The molecular formula is C30H35NO7. The molecule has 0 spiro atoms. The van der Waals surface area contributed by atoms with Crippen molar-refractivity contribution in [1.29, 1.82) is 0 Å². The van der Waals surface area contributed by atoms with Gasteiger partial charge in [-0.1, -0.05) is 18.2 Å². The predicted octanol–water partition coefficient (Wildman–Crippen LogP) is 4.65. The number of nitrogens with one attached hydrogen (secondary N) is 1. The summed E-state index contributed by atoms with van der Waals surface area (Å²) in [5, 5.41) is 3.38. The van der Waals surface area contributed by atoms with Gasteiger partial charge in [0.1, 0.15) is 12.4 Å². The summed E-state index contributed by atoms with van der Waals surface area (Å²) in [7, 11) is 4.74. The van der Waals surface area contributed by atoms with Gasteiger partial charge in [0.2, 0.25) is 0 Å². The summed E-state index contributed by atoms with van der Waals surface area (Å²) in [6.45, 7) is 4.74. The average Bonchev–Trinajstić information content (AvgIpc) is 2.92. The molecule has 1 aliphatic carbocycles. The first-order chi connectivity index (χ1) is 18.4. The monoisotopic (exact) mass is 521 g/mol. The number of hydrogen-bond donors (Lipinski definition) is 1. The van der Waals surface area contributed by atoms with Crippen LogP contribution in [0.1, 0.15) is 49.7 Å². The summed E-state index contributed by atoms with van der Waals surface area (Å²) in [5.41, 5.74) is 4.36. The molecule has 0 amide bonds. The zero-order valence-electron chi connectivity index (χ0n) is 22.6. The lowest BCUT2D eigenvalue weighted by atomic mass is 9.71. The standard InChI is InChI=1S/C30H35NO7/c1-6-37-22-10-7-19(8-11-22)28-27(30(33)38-14-13-34-3)18(2)31-23-15-21(16-24(32)29(23)28)20-9-12-25(35-4)26(17-20)36-5/h7-12,17,21,28,31H,6,13-16H2,1-5H3. The van der Waals surface area contributed by atoms with E-state index in [2.05, 4.69) is 5.32 Å². The molecule has 1 heterocycles. The van der Waals surface area contributed by atoms with Gasteiger partial charge in [-0.25, -0.2) is 4.79 Å². The lowest BCUT2D eigenvalue weighted by Gasteiger charge is -2.36. The van der Waals surface area contributed by atoms with Crippen molar-refractivity contribution in [3.8, 4) is 17.2 Å².